The van der Waals surface area contributed by atoms with E-state index in [4.69, 9.17) is 0 Å². The molecule has 0 saturated heterocycles. The molecule has 0 amide bonds. The minimum absolute atomic E-state index is 0.223. The Morgan fingerprint density at radius 2 is 2.05 bits per heavy atom. The molecule has 0 aliphatic rings. The van der Waals surface area contributed by atoms with E-state index in [2.05, 4.69) is 52.1 Å². The maximum atomic E-state index is 4.46. The number of pyridine rings is 1. The second-order valence-corrected chi connectivity index (χ2v) is 7.04. The van der Waals surface area contributed by atoms with Crippen molar-refractivity contribution in [2.75, 3.05) is 7.05 Å². The van der Waals surface area contributed by atoms with Crippen molar-refractivity contribution in [2.24, 2.45) is 0 Å². The molecule has 4 aromatic rings. The maximum Gasteiger partial charge on any atom is 0.0705 e. The summed E-state index contributed by atoms with van der Waals surface area (Å²) in [6.45, 7) is 0. The fourth-order valence-electron chi connectivity index (χ4n) is 2.66. The molecule has 4 rings (SSSR count). The SMILES string of the molecule is CNC(c1ccc2cccnc2c1)c1cc2sccc2s1. The van der Waals surface area contributed by atoms with Crippen LogP contribution < -0.4 is 5.32 Å². The van der Waals surface area contributed by atoms with E-state index in [0.29, 0.717) is 0 Å². The van der Waals surface area contributed by atoms with Crippen LogP contribution in [0, 0.1) is 0 Å². The van der Waals surface area contributed by atoms with Gasteiger partial charge in [0.2, 0.25) is 0 Å². The summed E-state index contributed by atoms with van der Waals surface area (Å²) < 4.78 is 2.74. The fraction of sp³-hybridized carbons (Fsp3) is 0.118. The molecule has 0 radical (unpaired) electrons. The van der Waals surface area contributed by atoms with Crippen molar-refractivity contribution in [1.82, 2.24) is 10.3 Å². The van der Waals surface area contributed by atoms with E-state index in [-0.39, 0.29) is 6.04 Å². The molecular weight excluding hydrogens is 296 g/mol. The molecular formula is C17H14N2S2. The quantitative estimate of drug-likeness (QED) is 0.587. The second-order valence-electron chi connectivity index (χ2n) is 4.98. The van der Waals surface area contributed by atoms with Gasteiger partial charge in [-0.1, -0.05) is 18.2 Å². The first-order valence-corrected chi connectivity index (χ1v) is 8.53. The first-order valence-electron chi connectivity index (χ1n) is 6.84. The van der Waals surface area contributed by atoms with E-state index < -0.39 is 0 Å². The van der Waals surface area contributed by atoms with Gasteiger partial charge < -0.3 is 5.32 Å². The molecule has 1 N–H and O–H groups in total. The van der Waals surface area contributed by atoms with E-state index >= 15 is 0 Å². The summed E-state index contributed by atoms with van der Waals surface area (Å²) in [5.41, 5.74) is 2.31. The second kappa shape index (κ2) is 5.22. The van der Waals surface area contributed by atoms with Gasteiger partial charge in [-0.15, -0.1) is 22.7 Å². The monoisotopic (exact) mass is 310 g/mol. The highest BCUT2D eigenvalue weighted by atomic mass is 32.1. The summed E-state index contributed by atoms with van der Waals surface area (Å²) in [7, 11) is 2.01. The molecule has 3 heterocycles. The first kappa shape index (κ1) is 13.0. The molecule has 1 aromatic carbocycles. The van der Waals surface area contributed by atoms with Crippen molar-refractivity contribution in [3.8, 4) is 0 Å². The van der Waals surface area contributed by atoms with Gasteiger partial charge in [-0.3, -0.25) is 4.98 Å². The largest absolute Gasteiger partial charge is 0.309 e. The van der Waals surface area contributed by atoms with E-state index in [1.807, 2.05) is 30.6 Å². The summed E-state index contributed by atoms with van der Waals surface area (Å²) in [5, 5.41) is 6.77. The van der Waals surface area contributed by atoms with Crippen molar-refractivity contribution >= 4 is 43.0 Å². The van der Waals surface area contributed by atoms with Crippen molar-refractivity contribution in [3.63, 3.8) is 0 Å². The topological polar surface area (TPSA) is 24.9 Å². The summed E-state index contributed by atoms with van der Waals surface area (Å²) in [6, 6.07) is 15.3. The number of nitrogens with zero attached hydrogens (tertiary/aromatic N) is 1. The van der Waals surface area contributed by atoms with Crippen LogP contribution in [0.5, 0.6) is 0 Å². The number of hydrogen-bond acceptors (Lipinski definition) is 4. The van der Waals surface area contributed by atoms with Crippen molar-refractivity contribution in [2.45, 2.75) is 6.04 Å². The molecule has 0 bridgehead atoms. The standard InChI is InChI=1S/C17H14N2S2/c1-18-17(16-10-15-14(21-16)6-8-20-15)12-5-4-11-3-2-7-19-13(11)9-12/h2-10,17-18H,1H3. The van der Waals surface area contributed by atoms with Crippen LogP contribution >= 0.6 is 22.7 Å². The van der Waals surface area contributed by atoms with E-state index in [1.54, 1.807) is 11.3 Å². The zero-order valence-electron chi connectivity index (χ0n) is 11.5. The average Bonchev–Trinajstić information content (AvgIpc) is 3.09. The lowest BCUT2D eigenvalue weighted by Gasteiger charge is -2.15. The summed E-state index contributed by atoms with van der Waals surface area (Å²) in [4.78, 5) is 5.82. The third-order valence-electron chi connectivity index (χ3n) is 3.69. The minimum atomic E-state index is 0.223. The van der Waals surface area contributed by atoms with Gasteiger partial charge in [0.05, 0.1) is 11.6 Å². The van der Waals surface area contributed by atoms with Gasteiger partial charge in [-0.05, 0) is 42.3 Å². The molecule has 0 spiro atoms. The molecule has 0 fully saturated rings. The predicted molar refractivity (Wildman–Crippen MR) is 92.3 cm³/mol. The number of nitrogens with one attached hydrogen (secondary N) is 1. The lowest BCUT2D eigenvalue weighted by molar-refractivity contribution is 0.705. The van der Waals surface area contributed by atoms with E-state index in [1.165, 1.54) is 25.2 Å². The van der Waals surface area contributed by atoms with Crippen LogP contribution in [0.3, 0.4) is 0 Å². The maximum absolute atomic E-state index is 4.46. The molecule has 0 aliphatic carbocycles. The molecule has 0 saturated carbocycles. The Morgan fingerprint density at radius 1 is 1.10 bits per heavy atom. The zero-order valence-corrected chi connectivity index (χ0v) is 13.2. The fourth-order valence-corrected chi connectivity index (χ4v) is 4.92. The molecule has 3 aromatic heterocycles. The van der Waals surface area contributed by atoms with Crippen molar-refractivity contribution in [3.05, 3.63) is 64.5 Å². The Morgan fingerprint density at radius 3 is 2.90 bits per heavy atom. The van der Waals surface area contributed by atoms with Crippen LogP contribution in [0.4, 0.5) is 0 Å². The lowest BCUT2D eigenvalue weighted by Crippen LogP contribution is -2.16. The normalized spacial score (nSPS) is 13.0. The number of rotatable bonds is 3. The van der Waals surface area contributed by atoms with Crippen LogP contribution in [0.1, 0.15) is 16.5 Å². The Bertz CT molecular complexity index is 879. The summed E-state index contributed by atoms with van der Waals surface area (Å²) >= 11 is 3.67. The number of thiophene rings is 2. The predicted octanol–water partition coefficient (Wildman–Crippen LogP) is 4.82. The van der Waals surface area contributed by atoms with Crippen molar-refractivity contribution < 1.29 is 0 Å². The first-order chi connectivity index (χ1) is 10.3. The number of benzene rings is 1. The van der Waals surface area contributed by atoms with Gasteiger partial charge in [0.25, 0.3) is 0 Å². The highest BCUT2D eigenvalue weighted by molar-refractivity contribution is 7.27. The molecule has 1 unspecified atom stereocenters. The van der Waals surface area contributed by atoms with E-state index in [9.17, 15) is 0 Å². The van der Waals surface area contributed by atoms with Gasteiger partial charge in [0, 0.05) is 25.9 Å². The van der Waals surface area contributed by atoms with Gasteiger partial charge in [0.15, 0.2) is 0 Å². The smallest absolute Gasteiger partial charge is 0.0705 e. The number of hydrogen-bond donors (Lipinski definition) is 1. The van der Waals surface area contributed by atoms with Crippen LogP contribution in [0.2, 0.25) is 0 Å². The van der Waals surface area contributed by atoms with Crippen LogP contribution in [-0.4, -0.2) is 12.0 Å². The Balaban J connectivity index is 1.81. The summed E-state index contributed by atoms with van der Waals surface area (Å²) in [6.07, 6.45) is 1.85. The number of fused-ring (bicyclic) bond motifs is 2. The third-order valence-corrected chi connectivity index (χ3v) is 5.85. The molecule has 1 atom stereocenters. The molecule has 2 nitrogen and oxygen atoms in total. The highest BCUT2D eigenvalue weighted by Crippen LogP contribution is 2.36. The van der Waals surface area contributed by atoms with Crippen LogP contribution in [0.25, 0.3) is 20.3 Å². The molecule has 4 heteroatoms. The van der Waals surface area contributed by atoms with Gasteiger partial charge in [-0.25, -0.2) is 0 Å². The Kier molecular flexibility index (Phi) is 3.22. The van der Waals surface area contributed by atoms with E-state index in [0.717, 1.165) is 5.52 Å². The number of aromatic nitrogens is 1. The summed E-state index contributed by atoms with van der Waals surface area (Å²) in [5.74, 6) is 0. The third kappa shape index (κ3) is 2.25. The van der Waals surface area contributed by atoms with Crippen LogP contribution in [-0.2, 0) is 0 Å². The highest BCUT2D eigenvalue weighted by Gasteiger charge is 2.16. The van der Waals surface area contributed by atoms with Gasteiger partial charge in [-0.2, -0.15) is 0 Å². The Hall–Kier alpha value is -1.75. The van der Waals surface area contributed by atoms with Gasteiger partial charge >= 0.3 is 0 Å². The van der Waals surface area contributed by atoms with Crippen molar-refractivity contribution in [1.29, 1.82) is 0 Å². The molecule has 104 valence electrons. The average molecular weight is 310 g/mol. The van der Waals surface area contributed by atoms with Gasteiger partial charge in [0.1, 0.15) is 0 Å². The zero-order chi connectivity index (χ0) is 14.2. The lowest BCUT2D eigenvalue weighted by atomic mass is 10.0. The minimum Gasteiger partial charge on any atom is -0.309 e. The molecule has 21 heavy (non-hydrogen) atoms. The molecule has 0 aliphatic heterocycles. The Labute approximate surface area is 131 Å². The van der Waals surface area contributed by atoms with Crippen LogP contribution in [0.15, 0.2) is 54.0 Å².